The molecule has 2 amide bonds. The molecule has 0 atom stereocenters. The average Bonchev–Trinajstić information content (AvgIpc) is 3.47. The van der Waals surface area contributed by atoms with Gasteiger partial charge in [-0.1, -0.05) is 30.3 Å². The fourth-order valence-corrected chi connectivity index (χ4v) is 4.79. The van der Waals surface area contributed by atoms with Gasteiger partial charge in [0, 0.05) is 43.6 Å². The number of carbonyl (C=O) groups excluding carboxylic acids is 2. The summed E-state index contributed by atoms with van der Waals surface area (Å²) in [7, 11) is 0. The Morgan fingerprint density at radius 1 is 1.14 bits per heavy atom. The van der Waals surface area contributed by atoms with Gasteiger partial charge in [0.15, 0.2) is 0 Å². The summed E-state index contributed by atoms with van der Waals surface area (Å²) >= 11 is 0. The second-order valence-electron chi connectivity index (χ2n) is 9.32. The third-order valence-corrected chi connectivity index (χ3v) is 6.82. The highest BCUT2D eigenvalue weighted by molar-refractivity contribution is 5.95. The van der Waals surface area contributed by atoms with Crippen LogP contribution in [0.3, 0.4) is 0 Å². The molecular formula is C27H29FN6O2. The monoisotopic (exact) mass is 488 g/mol. The van der Waals surface area contributed by atoms with Crippen molar-refractivity contribution in [3.8, 4) is 11.3 Å². The Labute approximate surface area is 208 Å². The van der Waals surface area contributed by atoms with E-state index in [1.165, 1.54) is 12.1 Å². The number of halogens is 1. The molecule has 1 aliphatic rings. The number of carbonyl (C=O) groups is 2. The maximum atomic E-state index is 13.3. The van der Waals surface area contributed by atoms with Crippen LogP contribution in [0.25, 0.3) is 22.3 Å². The van der Waals surface area contributed by atoms with E-state index in [-0.39, 0.29) is 23.5 Å². The lowest BCUT2D eigenvalue weighted by atomic mass is 9.93. The molecule has 1 saturated heterocycles. The van der Waals surface area contributed by atoms with E-state index in [1.807, 2.05) is 42.2 Å². The van der Waals surface area contributed by atoms with Crippen LogP contribution in [-0.4, -0.2) is 56.5 Å². The maximum absolute atomic E-state index is 13.3. The Morgan fingerprint density at radius 2 is 1.92 bits per heavy atom. The first-order chi connectivity index (χ1) is 17.5. The molecule has 2 aromatic heterocycles. The van der Waals surface area contributed by atoms with Gasteiger partial charge in [-0.15, -0.1) is 0 Å². The van der Waals surface area contributed by atoms with Crippen LogP contribution < -0.4 is 5.32 Å². The molecule has 0 unspecified atom stereocenters. The Morgan fingerprint density at radius 3 is 2.69 bits per heavy atom. The van der Waals surface area contributed by atoms with Crippen molar-refractivity contribution in [1.82, 2.24) is 30.4 Å². The molecule has 5 rings (SSSR count). The fraction of sp³-hybridized carbons (Fsp3) is 0.333. The molecular weight excluding hydrogens is 459 g/mol. The average molecular weight is 489 g/mol. The number of H-pyrrole nitrogens is 2. The number of amides is 2. The number of nitrogens with zero attached hydrogens (tertiary/aromatic N) is 3. The van der Waals surface area contributed by atoms with E-state index in [0.29, 0.717) is 55.0 Å². The second kappa shape index (κ2) is 10.3. The van der Waals surface area contributed by atoms with Crippen molar-refractivity contribution < 1.29 is 14.0 Å². The summed E-state index contributed by atoms with van der Waals surface area (Å²) in [6.45, 7) is 3.61. The number of benzene rings is 2. The summed E-state index contributed by atoms with van der Waals surface area (Å²) in [5, 5.41) is 10.3. The van der Waals surface area contributed by atoms with Gasteiger partial charge in [0.05, 0.1) is 16.7 Å². The van der Waals surface area contributed by atoms with Crippen molar-refractivity contribution in [2.75, 3.05) is 19.6 Å². The number of likely N-dealkylation sites (tertiary alicyclic amines) is 1. The largest absolute Gasteiger partial charge is 0.356 e. The molecule has 8 nitrogen and oxygen atoms in total. The zero-order chi connectivity index (χ0) is 25.1. The highest BCUT2D eigenvalue weighted by Crippen LogP contribution is 2.26. The Hall–Kier alpha value is -4.01. The van der Waals surface area contributed by atoms with Crippen LogP contribution in [0.1, 0.15) is 41.1 Å². The summed E-state index contributed by atoms with van der Waals surface area (Å²) in [5.41, 5.74) is 4.50. The molecule has 0 bridgehead atoms. The minimum atomic E-state index is -0.310. The second-order valence-corrected chi connectivity index (χ2v) is 9.32. The van der Waals surface area contributed by atoms with E-state index in [2.05, 4.69) is 25.5 Å². The highest BCUT2D eigenvalue weighted by Gasteiger charge is 2.27. The molecule has 0 aliphatic carbocycles. The molecule has 1 fully saturated rings. The van der Waals surface area contributed by atoms with E-state index in [1.54, 1.807) is 6.07 Å². The molecule has 3 heterocycles. The first-order valence-corrected chi connectivity index (χ1v) is 12.3. The minimum Gasteiger partial charge on any atom is -0.356 e. The van der Waals surface area contributed by atoms with Gasteiger partial charge >= 0.3 is 0 Å². The predicted molar refractivity (Wildman–Crippen MR) is 135 cm³/mol. The van der Waals surface area contributed by atoms with Gasteiger partial charge in [0.2, 0.25) is 5.91 Å². The summed E-state index contributed by atoms with van der Waals surface area (Å²) < 4.78 is 13.3. The molecule has 0 saturated carbocycles. The molecule has 186 valence electrons. The summed E-state index contributed by atoms with van der Waals surface area (Å²) in [6.07, 6.45) is 2.55. The summed E-state index contributed by atoms with van der Waals surface area (Å²) in [5.74, 6) is 0.600. The van der Waals surface area contributed by atoms with Crippen molar-refractivity contribution in [3.05, 3.63) is 71.4 Å². The van der Waals surface area contributed by atoms with Crippen LogP contribution in [0.4, 0.5) is 4.39 Å². The maximum Gasteiger partial charge on any atom is 0.272 e. The topological polar surface area (TPSA) is 107 Å². The number of fused-ring (bicyclic) bond motifs is 1. The fourth-order valence-electron chi connectivity index (χ4n) is 4.79. The van der Waals surface area contributed by atoms with Crippen LogP contribution in [0, 0.1) is 18.7 Å². The standard InChI is InChI=1S/C27H29FN6O2/c1-17-25(19-5-3-2-4-6-19)32-33-26(17)27(36)34-13-10-18(11-14-34)15-24(35)29-12-9-23-30-21-8-7-20(28)16-22(21)31-23/h2-8,16,18H,9-15H2,1H3,(H,29,35)(H,30,31)(H,32,33). The first-order valence-electron chi connectivity index (χ1n) is 12.3. The van der Waals surface area contributed by atoms with Crippen molar-refractivity contribution >= 4 is 22.8 Å². The third kappa shape index (κ3) is 5.15. The normalized spacial score (nSPS) is 14.3. The lowest BCUT2D eigenvalue weighted by Crippen LogP contribution is -2.40. The predicted octanol–water partition coefficient (Wildman–Crippen LogP) is 4.00. The third-order valence-electron chi connectivity index (χ3n) is 6.82. The molecule has 3 N–H and O–H groups in total. The number of nitrogens with one attached hydrogen (secondary N) is 3. The van der Waals surface area contributed by atoms with Crippen LogP contribution in [0.5, 0.6) is 0 Å². The van der Waals surface area contributed by atoms with Gasteiger partial charge in [0.25, 0.3) is 5.91 Å². The highest BCUT2D eigenvalue weighted by atomic mass is 19.1. The smallest absolute Gasteiger partial charge is 0.272 e. The van der Waals surface area contributed by atoms with Crippen molar-refractivity contribution in [2.45, 2.75) is 32.6 Å². The Kier molecular flexibility index (Phi) is 6.79. The van der Waals surface area contributed by atoms with Gasteiger partial charge in [-0.25, -0.2) is 9.37 Å². The number of piperidine rings is 1. The van der Waals surface area contributed by atoms with Gasteiger partial charge in [-0.05, 0) is 43.9 Å². The molecule has 9 heteroatoms. The summed E-state index contributed by atoms with van der Waals surface area (Å²) in [6, 6.07) is 14.2. The van der Waals surface area contributed by atoms with Crippen LogP contribution in [-0.2, 0) is 11.2 Å². The summed E-state index contributed by atoms with van der Waals surface area (Å²) in [4.78, 5) is 34.9. The number of aromatic nitrogens is 4. The van der Waals surface area contributed by atoms with Gasteiger partial charge in [-0.2, -0.15) is 5.10 Å². The van der Waals surface area contributed by atoms with E-state index < -0.39 is 0 Å². The minimum absolute atomic E-state index is 0.00107. The molecule has 4 aromatic rings. The van der Waals surface area contributed by atoms with Gasteiger partial charge in [0.1, 0.15) is 17.3 Å². The molecule has 1 aliphatic heterocycles. The van der Waals surface area contributed by atoms with Crippen molar-refractivity contribution in [3.63, 3.8) is 0 Å². The van der Waals surface area contributed by atoms with Gasteiger partial charge in [-0.3, -0.25) is 14.7 Å². The van der Waals surface area contributed by atoms with E-state index in [0.717, 1.165) is 29.7 Å². The molecule has 36 heavy (non-hydrogen) atoms. The van der Waals surface area contributed by atoms with Crippen LogP contribution in [0.15, 0.2) is 48.5 Å². The Balaban J connectivity index is 1.08. The van der Waals surface area contributed by atoms with E-state index in [4.69, 9.17) is 0 Å². The first kappa shape index (κ1) is 23.7. The Bertz CT molecular complexity index is 1370. The van der Waals surface area contributed by atoms with E-state index >= 15 is 0 Å². The molecule has 0 spiro atoms. The lowest BCUT2D eigenvalue weighted by Gasteiger charge is -2.31. The number of aromatic amines is 2. The zero-order valence-corrected chi connectivity index (χ0v) is 20.2. The van der Waals surface area contributed by atoms with Crippen molar-refractivity contribution in [2.24, 2.45) is 5.92 Å². The molecule has 0 radical (unpaired) electrons. The molecule has 2 aromatic carbocycles. The van der Waals surface area contributed by atoms with E-state index in [9.17, 15) is 14.0 Å². The number of hydrogen-bond donors (Lipinski definition) is 3. The number of rotatable bonds is 7. The van der Waals surface area contributed by atoms with Crippen molar-refractivity contribution in [1.29, 1.82) is 0 Å². The lowest BCUT2D eigenvalue weighted by molar-refractivity contribution is -0.122. The van der Waals surface area contributed by atoms with Crippen LogP contribution in [0.2, 0.25) is 0 Å². The SMILES string of the molecule is Cc1c(-c2ccccc2)n[nH]c1C(=O)N1CCC(CC(=O)NCCc2nc3ccc(F)cc3[nH]2)CC1. The van der Waals surface area contributed by atoms with Gasteiger partial charge < -0.3 is 15.2 Å². The number of imidazole rings is 1. The quantitative estimate of drug-likeness (QED) is 0.366. The van der Waals surface area contributed by atoms with Crippen LogP contribution >= 0.6 is 0 Å². The number of hydrogen-bond acceptors (Lipinski definition) is 4. The zero-order valence-electron chi connectivity index (χ0n) is 20.2.